The SMILES string of the molecule is CC(=O)N1CCC2(CC1)OC(=O)C(C)=C2C(=O)NCCCN1CCN(c2cc(C)ccc2C)CC1. The van der Waals surface area contributed by atoms with Crippen LogP contribution < -0.4 is 10.2 Å². The fraction of sp³-hybridized carbons (Fsp3) is 0.593. The Balaban J connectivity index is 1.24. The number of likely N-dealkylation sites (tertiary alicyclic amines) is 1. The van der Waals surface area contributed by atoms with E-state index in [1.54, 1.807) is 11.8 Å². The fourth-order valence-electron chi connectivity index (χ4n) is 5.53. The summed E-state index contributed by atoms with van der Waals surface area (Å²) in [5.74, 6) is -0.636. The maximum absolute atomic E-state index is 13.1. The Kier molecular flexibility index (Phi) is 7.50. The second kappa shape index (κ2) is 10.4. The Morgan fingerprint density at radius 2 is 1.71 bits per heavy atom. The molecule has 0 saturated carbocycles. The highest BCUT2D eigenvalue weighted by Crippen LogP contribution is 2.41. The smallest absolute Gasteiger partial charge is 0.335 e. The first-order chi connectivity index (χ1) is 16.7. The van der Waals surface area contributed by atoms with Crippen molar-refractivity contribution >= 4 is 23.5 Å². The number of aryl methyl sites for hydroxylation is 2. The highest BCUT2D eigenvalue weighted by Gasteiger charge is 2.51. The summed E-state index contributed by atoms with van der Waals surface area (Å²) in [5, 5.41) is 3.02. The van der Waals surface area contributed by atoms with E-state index in [9.17, 15) is 14.4 Å². The summed E-state index contributed by atoms with van der Waals surface area (Å²) in [6.07, 6.45) is 1.77. The van der Waals surface area contributed by atoms with Crippen LogP contribution in [-0.4, -0.2) is 85.5 Å². The molecule has 8 nitrogen and oxygen atoms in total. The highest BCUT2D eigenvalue weighted by atomic mass is 16.6. The molecule has 3 aliphatic heterocycles. The molecule has 190 valence electrons. The standard InChI is InChI=1S/C27H38N4O4/c1-19-6-7-20(2)23(18-19)31-16-14-29(15-17-31)11-5-10-28-25(33)24-21(3)26(34)35-27(24)8-12-30(13-9-27)22(4)32/h6-7,18H,5,8-17H2,1-4H3,(H,28,33). The zero-order valence-corrected chi connectivity index (χ0v) is 21.5. The van der Waals surface area contributed by atoms with E-state index in [0.29, 0.717) is 43.6 Å². The molecule has 0 bridgehead atoms. The van der Waals surface area contributed by atoms with Crippen molar-refractivity contribution < 1.29 is 19.1 Å². The summed E-state index contributed by atoms with van der Waals surface area (Å²) >= 11 is 0. The van der Waals surface area contributed by atoms with Crippen molar-refractivity contribution in [2.75, 3.05) is 57.3 Å². The quantitative estimate of drug-likeness (QED) is 0.495. The topological polar surface area (TPSA) is 82.2 Å². The molecule has 0 radical (unpaired) electrons. The van der Waals surface area contributed by atoms with Crippen LogP contribution in [0.1, 0.15) is 44.2 Å². The van der Waals surface area contributed by atoms with Gasteiger partial charge in [-0.1, -0.05) is 12.1 Å². The number of amides is 2. The van der Waals surface area contributed by atoms with Gasteiger partial charge in [-0.2, -0.15) is 0 Å². The van der Waals surface area contributed by atoms with Gasteiger partial charge in [0.15, 0.2) is 0 Å². The van der Waals surface area contributed by atoms with Crippen LogP contribution in [0.25, 0.3) is 0 Å². The lowest BCUT2D eigenvalue weighted by Gasteiger charge is -2.39. The molecule has 3 heterocycles. The minimum atomic E-state index is -0.901. The number of hydrogen-bond acceptors (Lipinski definition) is 6. The van der Waals surface area contributed by atoms with Gasteiger partial charge in [0, 0.05) is 76.8 Å². The lowest BCUT2D eigenvalue weighted by molar-refractivity contribution is -0.152. The number of benzene rings is 1. The molecule has 0 atom stereocenters. The number of piperidine rings is 1. The van der Waals surface area contributed by atoms with Crippen LogP contribution >= 0.6 is 0 Å². The van der Waals surface area contributed by atoms with E-state index in [1.807, 2.05) is 0 Å². The molecule has 3 aliphatic rings. The Morgan fingerprint density at radius 3 is 2.37 bits per heavy atom. The van der Waals surface area contributed by atoms with Crippen LogP contribution in [0.3, 0.4) is 0 Å². The number of hydrogen-bond donors (Lipinski definition) is 1. The van der Waals surface area contributed by atoms with Crippen LogP contribution in [-0.2, 0) is 19.1 Å². The van der Waals surface area contributed by atoms with Gasteiger partial charge in [0.25, 0.3) is 5.91 Å². The van der Waals surface area contributed by atoms with E-state index in [-0.39, 0.29) is 11.8 Å². The fourth-order valence-corrected chi connectivity index (χ4v) is 5.53. The van der Waals surface area contributed by atoms with E-state index in [4.69, 9.17) is 4.74 Å². The number of rotatable bonds is 6. The molecular weight excluding hydrogens is 444 g/mol. The first-order valence-electron chi connectivity index (χ1n) is 12.7. The lowest BCUT2D eigenvalue weighted by Crippen LogP contribution is -2.50. The van der Waals surface area contributed by atoms with Crippen molar-refractivity contribution in [3.8, 4) is 0 Å². The van der Waals surface area contributed by atoms with Gasteiger partial charge >= 0.3 is 5.97 Å². The maximum Gasteiger partial charge on any atom is 0.335 e. The Morgan fingerprint density at radius 1 is 1.03 bits per heavy atom. The molecule has 0 unspecified atom stereocenters. The monoisotopic (exact) mass is 482 g/mol. The molecular formula is C27H38N4O4. The van der Waals surface area contributed by atoms with Crippen molar-refractivity contribution in [2.45, 2.75) is 52.6 Å². The average Bonchev–Trinajstić information content (AvgIpc) is 3.07. The van der Waals surface area contributed by atoms with Crippen LogP contribution in [0.15, 0.2) is 29.3 Å². The highest BCUT2D eigenvalue weighted by molar-refractivity contribution is 6.07. The van der Waals surface area contributed by atoms with Crippen LogP contribution in [0.2, 0.25) is 0 Å². The molecule has 2 fully saturated rings. The van der Waals surface area contributed by atoms with Crippen LogP contribution in [0, 0.1) is 13.8 Å². The van der Waals surface area contributed by atoms with E-state index in [2.05, 4.69) is 47.2 Å². The predicted molar refractivity (Wildman–Crippen MR) is 135 cm³/mol. The predicted octanol–water partition coefficient (Wildman–Crippen LogP) is 2.19. The van der Waals surface area contributed by atoms with Crippen molar-refractivity contribution in [1.29, 1.82) is 0 Å². The number of nitrogens with zero attached hydrogens (tertiary/aromatic N) is 3. The zero-order chi connectivity index (χ0) is 25.2. The molecule has 0 aliphatic carbocycles. The summed E-state index contributed by atoms with van der Waals surface area (Å²) < 4.78 is 5.70. The largest absolute Gasteiger partial charge is 0.450 e. The van der Waals surface area contributed by atoms with Crippen molar-refractivity contribution in [1.82, 2.24) is 15.1 Å². The average molecular weight is 483 g/mol. The summed E-state index contributed by atoms with van der Waals surface area (Å²) in [6, 6.07) is 6.62. The van der Waals surface area contributed by atoms with E-state index in [1.165, 1.54) is 23.7 Å². The number of nitrogens with one attached hydrogen (secondary N) is 1. The zero-order valence-electron chi connectivity index (χ0n) is 21.5. The molecule has 2 amide bonds. The molecule has 1 N–H and O–H groups in total. The minimum Gasteiger partial charge on any atom is -0.450 e. The molecule has 1 aromatic rings. The number of carbonyl (C=O) groups is 3. The summed E-state index contributed by atoms with van der Waals surface area (Å²) in [4.78, 5) is 43.8. The van der Waals surface area contributed by atoms with Crippen molar-refractivity contribution in [2.24, 2.45) is 0 Å². The molecule has 1 aromatic carbocycles. The van der Waals surface area contributed by atoms with Crippen LogP contribution in [0.5, 0.6) is 0 Å². The minimum absolute atomic E-state index is 0.00530. The first kappa shape index (κ1) is 25.2. The second-order valence-electron chi connectivity index (χ2n) is 10.1. The molecule has 1 spiro atoms. The molecule has 2 saturated heterocycles. The first-order valence-corrected chi connectivity index (χ1v) is 12.7. The van der Waals surface area contributed by atoms with Gasteiger partial charge in [0.1, 0.15) is 5.60 Å². The van der Waals surface area contributed by atoms with Crippen molar-refractivity contribution in [3.63, 3.8) is 0 Å². The number of piperazine rings is 1. The van der Waals surface area contributed by atoms with Crippen molar-refractivity contribution in [3.05, 3.63) is 40.5 Å². The maximum atomic E-state index is 13.1. The lowest BCUT2D eigenvalue weighted by atomic mass is 9.82. The van der Waals surface area contributed by atoms with E-state index < -0.39 is 11.6 Å². The Hall–Kier alpha value is -2.87. The normalized spacial score (nSPS) is 20.4. The third-order valence-electron chi connectivity index (χ3n) is 7.68. The Bertz CT molecular complexity index is 1020. The van der Waals surface area contributed by atoms with E-state index in [0.717, 1.165) is 39.1 Å². The van der Waals surface area contributed by atoms with Gasteiger partial charge in [0.2, 0.25) is 5.91 Å². The summed E-state index contributed by atoms with van der Waals surface area (Å²) in [6.45, 7) is 14.0. The van der Waals surface area contributed by atoms with E-state index >= 15 is 0 Å². The molecule has 4 rings (SSSR count). The number of ether oxygens (including phenoxy) is 1. The Labute approximate surface area is 208 Å². The van der Waals surface area contributed by atoms with Gasteiger partial charge < -0.3 is 19.9 Å². The number of carbonyl (C=O) groups excluding carboxylic acids is 3. The van der Waals surface area contributed by atoms with Gasteiger partial charge in [-0.15, -0.1) is 0 Å². The number of anilines is 1. The van der Waals surface area contributed by atoms with Crippen LogP contribution in [0.4, 0.5) is 5.69 Å². The third kappa shape index (κ3) is 5.37. The molecule has 0 aromatic heterocycles. The molecule has 8 heteroatoms. The number of esters is 1. The summed E-state index contributed by atoms with van der Waals surface area (Å²) in [5.41, 5.74) is 3.87. The van der Waals surface area contributed by atoms with Gasteiger partial charge in [-0.3, -0.25) is 14.5 Å². The molecule has 35 heavy (non-hydrogen) atoms. The third-order valence-corrected chi connectivity index (χ3v) is 7.68. The second-order valence-corrected chi connectivity index (χ2v) is 10.1. The van der Waals surface area contributed by atoms with Gasteiger partial charge in [-0.25, -0.2) is 4.79 Å². The van der Waals surface area contributed by atoms with Gasteiger partial charge in [0.05, 0.1) is 5.57 Å². The van der Waals surface area contributed by atoms with Gasteiger partial charge in [-0.05, 0) is 50.9 Å². The summed E-state index contributed by atoms with van der Waals surface area (Å²) in [7, 11) is 0.